The third-order valence-corrected chi connectivity index (χ3v) is 4.58. The second-order valence-electron chi connectivity index (χ2n) is 5.53. The van der Waals surface area contributed by atoms with Crippen molar-refractivity contribution in [1.29, 1.82) is 0 Å². The lowest BCUT2D eigenvalue weighted by molar-refractivity contribution is 0.0780. The summed E-state index contributed by atoms with van der Waals surface area (Å²) in [6.07, 6.45) is 0.811. The van der Waals surface area contributed by atoms with Crippen LogP contribution in [0.1, 0.15) is 34.4 Å². The number of carbonyl (C=O) groups excluding carboxylic acids is 1. The zero-order valence-electron chi connectivity index (χ0n) is 12.4. The van der Waals surface area contributed by atoms with Crippen LogP contribution in [0, 0.1) is 6.92 Å². The molecular formula is C15H14N4O3S. The van der Waals surface area contributed by atoms with Gasteiger partial charge in [-0.05, 0) is 24.8 Å². The van der Waals surface area contributed by atoms with Crippen LogP contribution in [0.25, 0.3) is 11.5 Å². The topological polar surface area (TPSA) is 85.3 Å². The fraction of sp³-hybridized carbons (Fsp3) is 0.333. The number of thiophene rings is 1. The molecule has 1 fully saturated rings. The Hall–Kier alpha value is -2.48. The summed E-state index contributed by atoms with van der Waals surface area (Å²) < 4.78 is 10.3. The fourth-order valence-electron chi connectivity index (χ4n) is 2.69. The minimum atomic E-state index is -0.120. The third kappa shape index (κ3) is 2.65. The summed E-state index contributed by atoms with van der Waals surface area (Å²) >= 11 is 1.58. The average molecular weight is 330 g/mol. The predicted molar refractivity (Wildman–Crippen MR) is 82.1 cm³/mol. The van der Waals surface area contributed by atoms with Gasteiger partial charge in [-0.3, -0.25) is 4.79 Å². The normalized spacial score (nSPS) is 17.8. The highest BCUT2D eigenvalue weighted by Gasteiger charge is 2.32. The van der Waals surface area contributed by atoms with Gasteiger partial charge in [-0.1, -0.05) is 10.3 Å². The van der Waals surface area contributed by atoms with Gasteiger partial charge < -0.3 is 13.9 Å². The summed E-state index contributed by atoms with van der Waals surface area (Å²) in [7, 11) is 0. The first kappa shape index (κ1) is 14.1. The van der Waals surface area contributed by atoms with Crippen molar-refractivity contribution in [2.75, 3.05) is 13.1 Å². The van der Waals surface area contributed by atoms with Gasteiger partial charge in [0.1, 0.15) is 5.76 Å². The van der Waals surface area contributed by atoms with Crippen LogP contribution in [-0.4, -0.2) is 39.2 Å². The molecule has 1 aliphatic heterocycles. The van der Waals surface area contributed by atoms with Gasteiger partial charge in [0.05, 0.1) is 5.56 Å². The maximum absolute atomic E-state index is 12.4. The average Bonchev–Trinajstić information content (AvgIpc) is 3.30. The number of hydrogen-bond donors (Lipinski definition) is 0. The SMILES string of the molecule is Cc1cc(C(=O)N2CC[C@H](c3noc(-c4ccsc4)n3)C2)no1. The summed E-state index contributed by atoms with van der Waals surface area (Å²) in [6, 6.07) is 3.60. The summed E-state index contributed by atoms with van der Waals surface area (Å²) in [5, 5.41) is 11.8. The molecule has 7 nitrogen and oxygen atoms in total. The van der Waals surface area contributed by atoms with E-state index in [0.717, 1.165) is 12.0 Å². The molecule has 4 heterocycles. The largest absolute Gasteiger partial charge is 0.361 e. The molecule has 1 amide bonds. The van der Waals surface area contributed by atoms with Crippen molar-refractivity contribution < 1.29 is 13.8 Å². The van der Waals surface area contributed by atoms with Gasteiger partial charge in [0, 0.05) is 30.5 Å². The molecule has 0 spiro atoms. The maximum Gasteiger partial charge on any atom is 0.276 e. The van der Waals surface area contributed by atoms with Crippen molar-refractivity contribution in [3.05, 3.63) is 40.2 Å². The number of aryl methyl sites for hydroxylation is 1. The van der Waals surface area contributed by atoms with E-state index in [2.05, 4.69) is 15.3 Å². The van der Waals surface area contributed by atoms with Crippen molar-refractivity contribution in [3.63, 3.8) is 0 Å². The first-order valence-electron chi connectivity index (χ1n) is 7.29. The van der Waals surface area contributed by atoms with E-state index in [1.807, 2.05) is 16.8 Å². The fourth-order valence-corrected chi connectivity index (χ4v) is 3.32. The Balaban J connectivity index is 1.47. The number of aromatic nitrogens is 3. The smallest absolute Gasteiger partial charge is 0.276 e. The summed E-state index contributed by atoms with van der Waals surface area (Å²) in [5.74, 6) is 1.77. The van der Waals surface area contributed by atoms with E-state index in [0.29, 0.717) is 36.3 Å². The molecular weight excluding hydrogens is 316 g/mol. The molecule has 0 unspecified atom stereocenters. The molecule has 8 heteroatoms. The Morgan fingerprint density at radius 1 is 1.39 bits per heavy atom. The van der Waals surface area contributed by atoms with Crippen LogP contribution >= 0.6 is 11.3 Å². The number of amides is 1. The van der Waals surface area contributed by atoms with Crippen molar-refractivity contribution >= 4 is 17.2 Å². The highest BCUT2D eigenvalue weighted by atomic mass is 32.1. The molecule has 1 aliphatic rings. The maximum atomic E-state index is 12.4. The van der Waals surface area contributed by atoms with Crippen molar-refractivity contribution in [2.45, 2.75) is 19.3 Å². The second kappa shape index (κ2) is 5.62. The third-order valence-electron chi connectivity index (χ3n) is 3.90. The molecule has 3 aromatic heterocycles. The molecule has 118 valence electrons. The zero-order valence-corrected chi connectivity index (χ0v) is 13.2. The van der Waals surface area contributed by atoms with Gasteiger partial charge >= 0.3 is 0 Å². The molecule has 0 saturated carbocycles. The molecule has 0 aromatic carbocycles. The number of hydrogen-bond acceptors (Lipinski definition) is 7. The summed E-state index contributed by atoms with van der Waals surface area (Å²) in [4.78, 5) is 18.6. The molecule has 4 rings (SSSR count). The Morgan fingerprint density at radius 2 is 2.30 bits per heavy atom. The lowest BCUT2D eigenvalue weighted by Crippen LogP contribution is -2.28. The molecule has 0 aliphatic carbocycles. The van der Waals surface area contributed by atoms with Crippen molar-refractivity contribution in [2.24, 2.45) is 0 Å². The minimum absolute atomic E-state index is 0.0862. The Morgan fingerprint density at radius 3 is 3.04 bits per heavy atom. The van der Waals surface area contributed by atoms with Crippen LogP contribution in [0.4, 0.5) is 0 Å². The monoisotopic (exact) mass is 330 g/mol. The van der Waals surface area contributed by atoms with Crippen LogP contribution < -0.4 is 0 Å². The molecule has 0 radical (unpaired) electrons. The van der Waals surface area contributed by atoms with Gasteiger partial charge in [0.2, 0.25) is 0 Å². The zero-order chi connectivity index (χ0) is 15.8. The second-order valence-corrected chi connectivity index (χ2v) is 6.31. The lowest BCUT2D eigenvalue weighted by atomic mass is 10.1. The quantitative estimate of drug-likeness (QED) is 0.734. The number of rotatable bonds is 3. The van der Waals surface area contributed by atoms with Gasteiger partial charge in [-0.15, -0.1) is 0 Å². The summed E-state index contributed by atoms with van der Waals surface area (Å²) in [6.45, 7) is 2.98. The lowest BCUT2D eigenvalue weighted by Gasteiger charge is -2.13. The van der Waals surface area contributed by atoms with Crippen LogP contribution in [0.15, 0.2) is 31.9 Å². The first-order chi connectivity index (χ1) is 11.2. The highest BCUT2D eigenvalue weighted by molar-refractivity contribution is 7.08. The minimum Gasteiger partial charge on any atom is -0.361 e. The van der Waals surface area contributed by atoms with Gasteiger partial charge in [0.25, 0.3) is 11.8 Å². The first-order valence-corrected chi connectivity index (χ1v) is 8.24. The number of likely N-dealkylation sites (tertiary alicyclic amines) is 1. The van der Waals surface area contributed by atoms with Gasteiger partial charge in [-0.2, -0.15) is 16.3 Å². The van der Waals surface area contributed by atoms with Gasteiger partial charge in [-0.25, -0.2) is 0 Å². The Labute approximate surface area is 135 Å². The predicted octanol–water partition coefficient (Wildman–Crippen LogP) is 2.72. The highest BCUT2D eigenvalue weighted by Crippen LogP contribution is 2.28. The van der Waals surface area contributed by atoms with Gasteiger partial charge in [0.15, 0.2) is 11.5 Å². The molecule has 0 N–H and O–H groups in total. The molecule has 1 atom stereocenters. The van der Waals surface area contributed by atoms with Crippen molar-refractivity contribution in [1.82, 2.24) is 20.2 Å². The summed E-state index contributed by atoms with van der Waals surface area (Å²) in [5.41, 5.74) is 1.27. The van der Waals surface area contributed by atoms with E-state index < -0.39 is 0 Å². The van der Waals surface area contributed by atoms with E-state index in [4.69, 9.17) is 9.05 Å². The van der Waals surface area contributed by atoms with Crippen LogP contribution in [0.5, 0.6) is 0 Å². The number of carbonyl (C=O) groups is 1. The van der Waals surface area contributed by atoms with Crippen LogP contribution in [0.3, 0.4) is 0 Å². The van der Waals surface area contributed by atoms with E-state index in [9.17, 15) is 4.79 Å². The molecule has 3 aromatic rings. The Kier molecular flexibility index (Phi) is 3.45. The Bertz CT molecular complexity index is 824. The van der Waals surface area contributed by atoms with Crippen molar-refractivity contribution in [3.8, 4) is 11.5 Å². The van der Waals surface area contributed by atoms with E-state index in [1.54, 1.807) is 29.2 Å². The van der Waals surface area contributed by atoms with Crippen LogP contribution in [-0.2, 0) is 0 Å². The van der Waals surface area contributed by atoms with E-state index >= 15 is 0 Å². The van der Waals surface area contributed by atoms with E-state index in [-0.39, 0.29) is 11.8 Å². The number of nitrogens with zero attached hydrogens (tertiary/aromatic N) is 4. The molecule has 23 heavy (non-hydrogen) atoms. The molecule has 1 saturated heterocycles. The van der Waals surface area contributed by atoms with E-state index in [1.165, 1.54) is 0 Å². The van der Waals surface area contributed by atoms with Crippen LogP contribution in [0.2, 0.25) is 0 Å². The standard InChI is InChI=1S/C15H14N4O3S/c1-9-6-12(17-21-9)15(20)19-4-2-10(7-19)13-16-14(22-18-13)11-3-5-23-8-11/h3,5-6,8,10H,2,4,7H2,1H3/t10-/m0/s1. The molecule has 0 bridgehead atoms.